The van der Waals surface area contributed by atoms with Crippen LogP contribution in [0.1, 0.15) is 24.8 Å². The Bertz CT molecular complexity index is 355. The van der Waals surface area contributed by atoms with Crippen molar-refractivity contribution in [2.45, 2.75) is 25.2 Å². The summed E-state index contributed by atoms with van der Waals surface area (Å²) in [6.45, 7) is 1.62. The fraction of sp³-hybridized carbons (Fsp3) is 0.538. The molecule has 0 bridgehead atoms. The van der Waals surface area contributed by atoms with Crippen molar-refractivity contribution in [2.24, 2.45) is 5.92 Å². The average molecular weight is 243 g/mol. The molecule has 0 amide bonds. The molecule has 1 saturated heterocycles. The first-order valence-electron chi connectivity index (χ1n) is 5.92. The quantitative estimate of drug-likeness (QED) is 0.858. The molecule has 0 unspecified atom stereocenters. The van der Waals surface area contributed by atoms with Gasteiger partial charge in [-0.15, -0.1) is 0 Å². The van der Waals surface area contributed by atoms with Crippen molar-refractivity contribution in [2.75, 3.05) is 13.1 Å². The third-order valence-electron chi connectivity index (χ3n) is 3.27. The lowest BCUT2D eigenvalue weighted by Crippen LogP contribution is -2.30. The first-order chi connectivity index (χ1) is 8.08. The molecule has 2 rings (SSSR count). The van der Waals surface area contributed by atoms with Gasteiger partial charge in [-0.25, -0.2) is 13.2 Å². The van der Waals surface area contributed by atoms with E-state index in [4.69, 9.17) is 0 Å². The van der Waals surface area contributed by atoms with Gasteiger partial charge in [-0.3, -0.25) is 0 Å². The number of hydrogen-bond acceptors (Lipinski definition) is 1. The van der Waals surface area contributed by atoms with E-state index in [0.29, 0.717) is 0 Å². The first-order valence-corrected chi connectivity index (χ1v) is 5.92. The van der Waals surface area contributed by atoms with Crippen LogP contribution in [0.2, 0.25) is 0 Å². The van der Waals surface area contributed by atoms with E-state index in [0.717, 1.165) is 38.1 Å². The van der Waals surface area contributed by atoms with Crippen LogP contribution in [-0.2, 0) is 5.92 Å². The van der Waals surface area contributed by atoms with Crippen LogP contribution in [0.3, 0.4) is 0 Å². The van der Waals surface area contributed by atoms with Crippen molar-refractivity contribution in [3.8, 4) is 0 Å². The fourth-order valence-corrected chi connectivity index (χ4v) is 2.26. The third kappa shape index (κ3) is 3.22. The minimum atomic E-state index is -2.85. The molecule has 1 fully saturated rings. The second kappa shape index (κ2) is 5.08. The van der Waals surface area contributed by atoms with Gasteiger partial charge in [0.25, 0.3) is 5.92 Å². The molecular weight excluding hydrogens is 227 g/mol. The SMILES string of the molecule is Fc1ccc(C(F)(F)CC2CCNCC2)cc1. The van der Waals surface area contributed by atoms with Gasteiger partial charge in [-0.2, -0.15) is 0 Å². The molecule has 0 spiro atoms. The van der Waals surface area contributed by atoms with Gasteiger partial charge in [0.15, 0.2) is 0 Å². The Morgan fingerprint density at radius 1 is 1.12 bits per heavy atom. The van der Waals surface area contributed by atoms with Gasteiger partial charge in [0, 0.05) is 12.0 Å². The summed E-state index contributed by atoms with van der Waals surface area (Å²) < 4.78 is 40.5. The Morgan fingerprint density at radius 3 is 2.29 bits per heavy atom. The van der Waals surface area contributed by atoms with E-state index >= 15 is 0 Å². The van der Waals surface area contributed by atoms with Crippen molar-refractivity contribution < 1.29 is 13.2 Å². The van der Waals surface area contributed by atoms with Crippen LogP contribution in [0.5, 0.6) is 0 Å². The molecule has 1 heterocycles. The topological polar surface area (TPSA) is 12.0 Å². The highest BCUT2D eigenvalue weighted by atomic mass is 19.3. The summed E-state index contributed by atoms with van der Waals surface area (Å²) in [6, 6.07) is 4.53. The highest BCUT2D eigenvalue weighted by molar-refractivity contribution is 5.21. The maximum Gasteiger partial charge on any atom is 0.273 e. The van der Waals surface area contributed by atoms with Gasteiger partial charge in [0.1, 0.15) is 5.82 Å². The number of benzene rings is 1. The molecule has 1 nitrogen and oxygen atoms in total. The summed E-state index contributed by atoms with van der Waals surface area (Å²) in [4.78, 5) is 0. The molecule has 0 saturated carbocycles. The minimum Gasteiger partial charge on any atom is -0.317 e. The van der Waals surface area contributed by atoms with E-state index in [1.54, 1.807) is 0 Å². The van der Waals surface area contributed by atoms with Crippen LogP contribution in [0, 0.1) is 11.7 Å². The number of alkyl halides is 2. The van der Waals surface area contributed by atoms with Gasteiger partial charge in [-0.05, 0) is 44.0 Å². The molecule has 0 aromatic heterocycles. The molecule has 0 radical (unpaired) electrons. The molecular formula is C13H16F3N. The molecule has 1 N–H and O–H groups in total. The second-order valence-electron chi connectivity index (χ2n) is 4.61. The Hall–Kier alpha value is -1.03. The Balaban J connectivity index is 2.04. The average Bonchev–Trinajstić information content (AvgIpc) is 2.30. The largest absolute Gasteiger partial charge is 0.317 e. The first kappa shape index (κ1) is 12.4. The monoisotopic (exact) mass is 243 g/mol. The molecule has 4 heteroatoms. The summed E-state index contributed by atoms with van der Waals surface area (Å²) in [5.41, 5.74) is -0.0857. The van der Waals surface area contributed by atoms with E-state index in [2.05, 4.69) is 5.32 Å². The van der Waals surface area contributed by atoms with Crippen molar-refractivity contribution in [3.05, 3.63) is 35.6 Å². The van der Waals surface area contributed by atoms with Gasteiger partial charge in [-0.1, -0.05) is 12.1 Å². The van der Waals surface area contributed by atoms with Gasteiger partial charge in [0.2, 0.25) is 0 Å². The van der Waals surface area contributed by atoms with E-state index < -0.39 is 11.7 Å². The van der Waals surface area contributed by atoms with Crippen LogP contribution in [0.15, 0.2) is 24.3 Å². The molecule has 0 aliphatic carbocycles. The van der Waals surface area contributed by atoms with E-state index in [1.165, 1.54) is 12.1 Å². The zero-order valence-electron chi connectivity index (χ0n) is 9.56. The predicted molar refractivity (Wildman–Crippen MR) is 60.5 cm³/mol. The maximum absolute atomic E-state index is 13.9. The second-order valence-corrected chi connectivity index (χ2v) is 4.61. The number of rotatable bonds is 3. The van der Waals surface area contributed by atoms with Gasteiger partial charge >= 0.3 is 0 Å². The Labute approximate surface area is 99.0 Å². The van der Waals surface area contributed by atoms with E-state index in [1.807, 2.05) is 0 Å². The van der Waals surface area contributed by atoms with E-state index in [9.17, 15) is 13.2 Å². The zero-order chi connectivity index (χ0) is 12.3. The minimum absolute atomic E-state index is 0.0521. The Kier molecular flexibility index (Phi) is 3.72. The van der Waals surface area contributed by atoms with Crippen LogP contribution in [0.25, 0.3) is 0 Å². The predicted octanol–water partition coefficient (Wildman–Crippen LogP) is 3.31. The van der Waals surface area contributed by atoms with Crippen LogP contribution in [-0.4, -0.2) is 13.1 Å². The summed E-state index contributed by atoms with van der Waals surface area (Å²) in [5.74, 6) is -3.28. The summed E-state index contributed by atoms with van der Waals surface area (Å²) in [5, 5.41) is 3.15. The summed E-state index contributed by atoms with van der Waals surface area (Å²) >= 11 is 0. The molecule has 1 aliphatic rings. The smallest absolute Gasteiger partial charge is 0.273 e. The Morgan fingerprint density at radius 2 is 1.71 bits per heavy atom. The van der Waals surface area contributed by atoms with Gasteiger partial charge < -0.3 is 5.32 Å². The van der Waals surface area contributed by atoms with Crippen molar-refractivity contribution in [3.63, 3.8) is 0 Å². The molecule has 17 heavy (non-hydrogen) atoms. The number of halogens is 3. The number of piperidine rings is 1. The van der Waals surface area contributed by atoms with E-state index in [-0.39, 0.29) is 17.9 Å². The molecule has 1 aliphatic heterocycles. The lowest BCUT2D eigenvalue weighted by Gasteiger charge is -2.27. The highest BCUT2D eigenvalue weighted by Crippen LogP contribution is 2.37. The number of hydrogen-bond donors (Lipinski definition) is 1. The fourth-order valence-electron chi connectivity index (χ4n) is 2.26. The van der Waals surface area contributed by atoms with Crippen LogP contribution in [0.4, 0.5) is 13.2 Å². The lowest BCUT2D eigenvalue weighted by atomic mass is 9.89. The standard InChI is InChI=1S/C13H16F3N/c14-12-3-1-11(2-4-12)13(15,16)9-10-5-7-17-8-6-10/h1-4,10,17H,5-9H2. The normalized spacial score (nSPS) is 18.3. The number of nitrogens with one attached hydrogen (secondary N) is 1. The van der Waals surface area contributed by atoms with Crippen molar-refractivity contribution in [1.82, 2.24) is 5.32 Å². The zero-order valence-corrected chi connectivity index (χ0v) is 9.56. The van der Waals surface area contributed by atoms with Crippen molar-refractivity contribution in [1.29, 1.82) is 0 Å². The third-order valence-corrected chi connectivity index (χ3v) is 3.27. The van der Waals surface area contributed by atoms with Crippen LogP contribution >= 0.6 is 0 Å². The maximum atomic E-state index is 13.9. The van der Waals surface area contributed by atoms with Crippen LogP contribution < -0.4 is 5.32 Å². The highest BCUT2D eigenvalue weighted by Gasteiger charge is 2.34. The van der Waals surface area contributed by atoms with Gasteiger partial charge in [0.05, 0.1) is 0 Å². The summed E-state index contributed by atoms with van der Waals surface area (Å²) in [7, 11) is 0. The lowest BCUT2D eigenvalue weighted by molar-refractivity contribution is -0.0326. The molecule has 94 valence electrons. The molecule has 0 atom stereocenters. The molecule has 1 aromatic carbocycles. The molecule has 1 aromatic rings. The van der Waals surface area contributed by atoms with Crippen molar-refractivity contribution >= 4 is 0 Å². The summed E-state index contributed by atoms with van der Waals surface area (Å²) in [6.07, 6.45) is 1.44.